The van der Waals surface area contributed by atoms with Crippen LogP contribution in [0.4, 0.5) is 0 Å². The minimum atomic E-state index is 0. The number of rotatable bonds is 6. The van der Waals surface area contributed by atoms with E-state index < -0.39 is 0 Å². The molecule has 0 spiro atoms. The van der Waals surface area contributed by atoms with Crippen LogP contribution in [0.5, 0.6) is 0 Å². The van der Waals surface area contributed by atoms with Crippen molar-refractivity contribution in [3.05, 3.63) is 35.4 Å². The van der Waals surface area contributed by atoms with Gasteiger partial charge in [-0.3, -0.25) is 4.90 Å². The van der Waals surface area contributed by atoms with Gasteiger partial charge in [0.05, 0.1) is 6.54 Å². The van der Waals surface area contributed by atoms with Gasteiger partial charge in [0.1, 0.15) is 0 Å². The normalized spacial score (nSPS) is 19.9. The highest BCUT2D eigenvalue weighted by Crippen LogP contribution is 2.17. The Morgan fingerprint density at radius 3 is 2.29 bits per heavy atom. The highest BCUT2D eigenvalue weighted by atomic mass is 127. The van der Waals surface area contributed by atoms with E-state index in [4.69, 9.17) is 4.99 Å². The van der Waals surface area contributed by atoms with E-state index in [1.165, 1.54) is 69.4 Å². The summed E-state index contributed by atoms with van der Waals surface area (Å²) in [5, 5.41) is 7.02. The molecule has 1 aliphatic carbocycles. The quantitative estimate of drug-likeness (QED) is 0.358. The van der Waals surface area contributed by atoms with Gasteiger partial charge in [0.2, 0.25) is 0 Å². The van der Waals surface area contributed by atoms with E-state index in [-0.39, 0.29) is 24.0 Å². The lowest BCUT2D eigenvalue weighted by atomic mass is 9.96. The van der Waals surface area contributed by atoms with Gasteiger partial charge >= 0.3 is 0 Å². The van der Waals surface area contributed by atoms with E-state index in [9.17, 15) is 0 Å². The molecule has 158 valence electrons. The van der Waals surface area contributed by atoms with E-state index in [1.807, 2.05) is 0 Å². The van der Waals surface area contributed by atoms with E-state index in [2.05, 4.69) is 58.7 Å². The lowest BCUT2D eigenvalue weighted by molar-refractivity contribution is 0.148. The summed E-state index contributed by atoms with van der Waals surface area (Å²) in [7, 11) is 2.21. The third-order valence-electron chi connectivity index (χ3n) is 5.74. The molecule has 1 saturated heterocycles. The fourth-order valence-electron chi connectivity index (χ4n) is 3.94. The average Bonchev–Trinajstić information content (AvgIpc) is 2.70. The van der Waals surface area contributed by atoms with Crippen molar-refractivity contribution in [3.63, 3.8) is 0 Å². The lowest BCUT2D eigenvalue weighted by Gasteiger charge is -2.32. The molecule has 1 saturated carbocycles. The van der Waals surface area contributed by atoms with E-state index in [0.29, 0.717) is 6.04 Å². The van der Waals surface area contributed by atoms with Crippen molar-refractivity contribution >= 4 is 29.9 Å². The standard InChI is InChI=1S/C22H37N5.HI/c1-3-23-22(25-21-7-5-4-6-8-21)24-17-19-9-11-20(12-10-19)18-27-15-13-26(2)14-16-27;/h9-12,21H,3-8,13-18H2,1-2H3,(H2,23,24,25);1H. The second-order valence-corrected chi connectivity index (χ2v) is 8.07. The molecule has 6 heteroatoms. The lowest BCUT2D eigenvalue weighted by Crippen LogP contribution is -2.44. The molecule has 2 aliphatic rings. The summed E-state index contributed by atoms with van der Waals surface area (Å²) < 4.78 is 0. The summed E-state index contributed by atoms with van der Waals surface area (Å²) in [6, 6.07) is 9.59. The Balaban J connectivity index is 0.00000280. The molecule has 3 rings (SSSR count). The number of hydrogen-bond acceptors (Lipinski definition) is 3. The first-order valence-electron chi connectivity index (χ1n) is 10.8. The predicted octanol–water partition coefficient (Wildman–Crippen LogP) is 3.44. The largest absolute Gasteiger partial charge is 0.357 e. The Labute approximate surface area is 188 Å². The Morgan fingerprint density at radius 1 is 1.00 bits per heavy atom. The molecule has 0 bridgehead atoms. The second kappa shape index (κ2) is 12.6. The number of halogens is 1. The minimum Gasteiger partial charge on any atom is -0.357 e. The van der Waals surface area contributed by atoms with E-state index >= 15 is 0 Å². The van der Waals surface area contributed by atoms with Gasteiger partial charge in [-0.1, -0.05) is 43.5 Å². The van der Waals surface area contributed by atoms with E-state index in [0.717, 1.165) is 25.6 Å². The van der Waals surface area contributed by atoms with Crippen LogP contribution in [0.1, 0.15) is 50.2 Å². The highest BCUT2D eigenvalue weighted by molar-refractivity contribution is 14.0. The molecule has 2 N–H and O–H groups in total. The summed E-state index contributed by atoms with van der Waals surface area (Å²) >= 11 is 0. The zero-order valence-electron chi connectivity index (χ0n) is 17.6. The number of hydrogen-bond donors (Lipinski definition) is 2. The maximum Gasteiger partial charge on any atom is 0.191 e. The molecule has 1 aromatic rings. The van der Waals surface area contributed by atoms with Crippen molar-refractivity contribution in [3.8, 4) is 0 Å². The number of aliphatic imine (C=N–C) groups is 1. The molecule has 0 amide bonds. The summed E-state index contributed by atoms with van der Waals surface area (Å²) in [6.07, 6.45) is 6.60. The van der Waals surface area contributed by atoms with Crippen LogP contribution in [0, 0.1) is 0 Å². The number of guanidine groups is 1. The van der Waals surface area contributed by atoms with Crippen LogP contribution in [0.2, 0.25) is 0 Å². The van der Waals surface area contributed by atoms with Crippen molar-refractivity contribution in [1.29, 1.82) is 0 Å². The molecule has 5 nitrogen and oxygen atoms in total. The molecule has 0 aromatic heterocycles. The molecule has 0 radical (unpaired) electrons. The Morgan fingerprint density at radius 2 is 1.64 bits per heavy atom. The second-order valence-electron chi connectivity index (χ2n) is 8.07. The van der Waals surface area contributed by atoms with Crippen LogP contribution < -0.4 is 10.6 Å². The van der Waals surface area contributed by atoms with Crippen LogP contribution >= 0.6 is 24.0 Å². The third kappa shape index (κ3) is 7.87. The number of nitrogens with zero attached hydrogens (tertiary/aromatic N) is 3. The zero-order chi connectivity index (χ0) is 18.9. The van der Waals surface area contributed by atoms with Crippen molar-refractivity contribution in [2.24, 2.45) is 4.99 Å². The van der Waals surface area contributed by atoms with Gasteiger partial charge in [0, 0.05) is 45.3 Å². The van der Waals surface area contributed by atoms with Crippen LogP contribution in [-0.4, -0.2) is 61.6 Å². The molecule has 2 fully saturated rings. The van der Waals surface area contributed by atoms with Crippen molar-refractivity contribution in [2.45, 2.75) is 58.2 Å². The maximum atomic E-state index is 4.81. The first kappa shape index (κ1) is 23.4. The van der Waals surface area contributed by atoms with Crippen molar-refractivity contribution in [1.82, 2.24) is 20.4 Å². The Bertz CT molecular complexity index is 575. The van der Waals surface area contributed by atoms with Gasteiger partial charge in [-0.25, -0.2) is 4.99 Å². The summed E-state index contributed by atoms with van der Waals surface area (Å²) in [4.78, 5) is 9.76. The topological polar surface area (TPSA) is 42.9 Å². The van der Waals surface area contributed by atoms with Gasteiger partial charge in [-0.05, 0) is 37.9 Å². The summed E-state index contributed by atoms with van der Waals surface area (Å²) in [5.41, 5.74) is 2.68. The Kier molecular flexibility index (Phi) is 10.6. The van der Waals surface area contributed by atoms with E-state index in [1.54, 1.807) is 0 Å². The Hall–Kier alpha value is -0.860. The average molecular weight is 499 g/mol. The van der Waals surface area contributed by atoms with Crippen molar-refractivity contribution < 1.29 is 0 Å². The van der Waals surface area contributed by atoms with Gasteiger partial charge in [-0.15, -0.1) is 24.0 Å². The molecular formula is C22H38IN5. The van der Waals surface area contributed by atoms with Gasteiger partial charge < -0.3 is 15.5 Å². The SMILES string of the molecule is CCNC(=NCc1ccc(CN2CCN(C)CC2)cc1)NC1CCCCC1.I. The first-order chi connectivity index (χ1) is 13.2. The van der Waals surface area contributed by atoms with Gasteiger partial charge in [0.25, 0.3) is 0 Å². The van der Waals surface area contributed by atoms with Crippen LogP contribution in [0.3, 0.4) is 0 Å². The van der Waals surface area contributed by atoms with Gasteiger partial charge in [-0.2, -0.15) is 0 Å². The predicted molar refractivity (Wildman–Crippen MR) is 129 cm³/mol. The number of piperazine rings is 1. The molecule has 0 unspecified atom stereocenters. The van der Waals surface area contributed by atoms with Crippen LogP contribution in [-0.2, 0) is 13.1 Å². The molecule has 1 heterocycles. The zero-order valence-corrected chi connectivity index (χ0v) is 20.0. The highest BCUT2D eigenvalue weighted by Gasteiger charge is 2.15. The summed E-state index contributed by atoms with van der Waals surface area (Å²) in [5.74, 6) is 0.964. The summed E-state index contributed by atoms with van der Waals surface area (Å²) in [6.45, 7) is 9.51. The molecule has 1 aliphatic heterocycles. The molecular weight excluding hydrogens is 461 g/mol. The van der Waals surface area contributed by atoms with Crippen LogP contribution in [0.15, 0.2) is 29.3 Å². The molecule has 1 aromatic carbocycles. The van der Waals surface area contributed by atoms with Crippen molar-refractivity contribution in [2.75, 3.05) is 39.8 Å². The maximum absolute atomic E-state index is 4.81. The fraction of sp³-hybridized carbons (Fsp3) is 0.682. The minimum absolute atomic E-state index is 0. The monoisotopic (exact) mass is 499 g/mol. The fourth-order valence-corrected chi connectivity index (χ4v) is 3.94. The van der Waals surface area contributed by atoms with Gasteiger partial charge in [0.15, 0.2) is 5.96 Å². The number of benzene rings is 1. The molecule has 0 atom stereocenters. The third-order valence-corrected chi connectivity index (χ3v) is 5.74. The number of likely N-dealkylation sites (N-methyl/N-ethyl adjacent to an activating group) is 1. The first-order valence-corrected chi connectivity index (χ1v) is 10.8. The van der Waals surface area contributed by atoms with Crippen LogP contribution in [0.25, 0.3) is 0 Å². The molecule has 28 heavy (non-hydrogen) atoms. The number of nitrogens with one attached hydrogen (secondary N) is 2. The smallest absolute Gasteiger partial charge is 0.191 e.